The van der Waals surface area contributed by atoms with Crippen LogP contribution in [0.25, 0.3) is 0 Å². The third-order valence-corrected chi connectivity index (χ3v) is 2.33. The maximum Gasteiger partial charge on any atom is 0.344 e. The van der Waals surface area contributed by atoms with Crippen molar-refractivity contribution in [2.75, 3.05) is 0 Å². The molecule has 1 aromatic heterocycles. The Hall–Kier alpha value is -1.57. The van der Waals surface area contributed by atoms with Crippen LogP contribution in [0.15, 0.2) is 18.3 Å². The average Bonchev–Trinajstić information content (AvgIpc) is 2.28. The van der Waals surface area contributed by atoms with Gasteiger partial charge < -0.3 is 10.5 Å². The zero-order valence-electron chi connectivity index (χ0n) is 11.0. The van der Waals surface area contributed by atoms with Crippen LogP contribution < -0.4 is 11.6 Å². The second kappa shape index (κ2) is 6.05. The summed E-state index contributed by atoms with van der Waals surface area (Å²) in [6, 6.07) is 3.21. The number of carbonyl (C=O) groups is 1. The van der Waals surface area contributed by atoms with E-state index in [1.165, 1.54) is 6.20 Å². The second-order valence-corrected chi connectivity index (χ2v) is 5.33. The molecule has 1 atom stereocenters. The smallest absolute Gasteiger partial charge is 0.344 e. The van der Waals surface area contributed by atoms with Gasteiger partial charge in [-0.15, -0.1) is 0 Å². The molecule has 0 saturated heterocycles. The molecule has 0 aromatic carbocycles. The number of nitrogens with two attached hydrogens (primary N) is 2. The minimum Gasteiger partial charge on any atom is -0.458 e. The Bertz CT molecular complexity index is 468. The monoisotopic (exact) mass is 283 g/mol. The lowest BCUT2D eigenvalue weighted by Gasteiger charge is -2.22. The van der Waals surface area contributed by atoms with Crippen molar-refractivity contribution in [1.29, 1.82) is 0 Å². The maximum atomic E-state index is 11.9. The van der Waals surface area contributed by atoms with Crippen LogP contribution >= 0.6 is 12.2 Å². The van der Waals surface area contributed by atoms with E-state index in [-0.39, 0.29) is 4.99 Å². The lowest BCUT2D eigenvalue weighted by atomic mass is 10.1. The molecule has 6 nitrogen and oxygen atoms in total. The van der Waals surface area contributed by atoms with Gasteiger partial charge in [-0.3, -0.25) is 9.82 Å². The third-order valence-electron chi connectivity index (χ3n) is 2.10. The molecule has 0 radical (unpaired) electrons. The molecule has 0 spiro atoms. The topological polar surface area (TPSA) is 100 Å². The van der Waals surface area contributed by atoms with Gasteiger partial charge in [0.05, 0.1) is 5.69 Å². The van der Waals surface area contributed by atoms with Crippen LogP contribution in [0.5, 0.6) is 0 Å². The Kier molecular flexibility index (Phi) is 4.93. The van der Waals surface area contributed by atoms with Crippen LogP contribution in [0, 0.1) is 0 Å². The number of carbonyl (C=O) groups excluding carboxylic acids is 1. The molecule has 0 bridgehead atoms. The van der Waals surface area contributed by atoms with Crippen LogP contribution in [0.2, 0.25) is 0 Å². The summed E-state index contributed by atoms with van der Waals surface area (Å²) in [6.07, 6.45) is 0.369. The highest BCUT2D eigenvalue weighted by Crippen LogP contribution is 2.19. The molecule has 19 heavy (non-hydrogen) atoms. The van der Waals surface area contributed by atoms with Gasteiger partial charge in [0.25, 0.3) is 0 Å². The summed E-state index contributed by atoms with van der Waals surface area (Å²) in [4.78, 5) is 20.8. The zero-order chi connectivity index (χ0) is 14.6. The van der Waals surface area contributed by atoms with Crippen molar-refractivity contribution < 1.29 is 14.4 Å². The highest BCUT2D eigenvalue weighted by molar-refractivity contribution is 7.80. The fourth-order valence-electron chi connectivity index (χ4n) is 1.31. The van der Waals surface area contributed by atoms with E-state index in [9.17, 15) is 4.79 Å². The van der Waals surface area contributed by atoms with E-state index >= 15 is 0 Å². The zero-order valence-corrected chi connectivity index (χ0v) is 11.9. The summed E-state index contributed by atoms with van der Waals surface area (Å²) in [6.45, 7) is 5.26. The number of pyridine rings is 1. The first-order chi connectivity index (χ1) is 8.74. The summed E-state index contributed by atoms with van der Waals surface area (Å²) >= 11 is 4.81. The average molecular weight is 283 g/mol. The number of ether oxygens (including phenoxy) is 1. The van der Waals surface area contributed by atoms with E-state index < -0.39 is 17.7 Å². The third kappa shape index (κ3) is 4.55. The van der Waals surface area contributed by atoms with Gasteiger partial charge in [-0.2, -0.15) is 0 Å². The number of hydrogen-bond donors (Lipinski definition) is 2. The summed E-state index contributed by atoms with van der Waals surface area (Å²) in [5, 5.41) is 0. The second-order valence-electron chi connectivity index (χ2n) is 4.89. The lowest BCUT2D eigenvalue weighted by Crippen LogP contribution is -2.30. The van der Waals surface area contributed by atoms with Crippen molar-refractivity contribution in [3.05, 3.63) is 29.6 Å². The van der Waals surface area contributed by atoms with Crippen molar-refractivity contribution in [2.45, 2.75) is 32.5 Å². The molecule has 0 aliphatic heterocycles. The van der Waals surface area contributed by atoms with E-state index in [4.69, 9.17) is 28.6 Å². The molecule has 1 rings (SSSR count). The minimum atomic E-state index is -1.08. The van der Waals surface area contributed by atoms with Gasteiger partial charge in [0.1, 0.15) is 10.6 Å². The standard InChI is InChI=1S/C12H17N3O3S/c1-12(2,3)17-11(16)9(18-14)8-5-4-7(6-15-8)10(13)19/h4-6,9H,14H2,1-3H3,(H2,13,19). The fourth-order valence-corrected chi connectivity index (χ4v) is 1.43. The van der Waals surface area contributed by atoms with E-state index in [0.717, 1.165) is 0 Å². The minimum absolute atomic E-state index is 0.224. The first kappa shape index (κ1) is 15.5. The van der Waals surface area contributed by atoms with Gasteiger partial charge in [-0.25, -0.2) is 10.7 Å². The fraction of sp³-hybridized carbons (Fsp3) is 0.417. The van der Waals surface area contributed by atoms with Gasteiger partial charge >= 0.3 is 5.97 Å². The number of esters is 1. The molecule has 1 heterocycles. The molecule has 0 amide bonds. The van der Waals surface area contributed by atoms with Crippen molar-refractivity contribution in [3.63, 3.8) is 0 Å². The maximum absolute atomic E-state index is 11.9. The number of aromatic nitrogens is 1. The molecule has 1 aromatic rings. The molecule has 7 heteroatoms. The molecule has 1 unspecified atom stereocenters. The van der Waals surface area contributed by atoms with Crippen LogP contribution in [-0.4, -0.2) is 21.5 Å². The van der Waals surface area contributed by atoms with Crippen molar-refractivity contribution in [1.82, 2.24) is 4.98 Å². The highest BCUT2D eigenvalue weighted by atomic mass is 32.1. The molecule has 0 aliphatic carbocycles. The van der Waals surface area contributed by atoms with E-state index in [0.29, 0.717) is 11.3 Å². The molecule has 0 saturated carbocycles. The van der Waals surface area contributed by atoms with Crippen molar-refractivity contribution in [3.8, 4) is 0 Å². The summed E-state index contributed by atoms with van der Waals surface area (Å²) < 4.78 is 5.19. The van der Waals surface area contributed by atoms with Gasteiger partial charge in [0.15, 0.2) is 0 Å². The van der Waals surface area contributed by atoms with Crippen LogP contribution in [0.4, 0.5) is 0 Å². The van der Waals surface area contributed by atoms with Gasteiger partial charge in [0, 0.05) is 11.8 Å². The first-order valence-corrected chi connectivity index (χ1v) is 5.99. The Morgan fingerprint density at radius 3 is 2.42 bits per heavy atom. The number of thiocarbonyl (C=S) groups is 1. The van der Waals surface area contributed by atoms with E-state index in [1.807, 2.05) is 0 Å². The Morgan fingerprint density at radius 2 is 2.05 bits per heavy atom. The van der Waals surface area contributed by atoms with E-state index in [2.05, 4.69) is 9.82 Å². The highest BCUT2D eigenvalue weighted by Gasteiger charge is 2.28. The van der Waals surface area contributed by atoms with Crippen LogP contribution in [0.3, 0.4) is 0 Å². The molecular weight excluding hydrogens is 266 g/mol. The van der Waals surface area contributed by atoms with E-state index in [1.54, 1.807) is 32.9 Å². The first-order valence-electron chi connectivity index (χ1n) is 5.59. The predicted molar refractivity (Wildman–Crippen MR) is 74.0 cm³/mol. The molecular formula is C12H17N3O3S. The largest absolute Gasteiger partial charge is 0.458 e. The SMILES string of the molecule is CC(C)(C)OC(=O)C(ON)c1ccc(C(N)=S)cn1. The number of nitrogens with zero attached hydrogens (tertiary/aromatic N) is 1. The predicted octanol–water partition coefficient (Wildman–Crippen LogP) is 0.989. The van der Waals surface area contributed by atoms with Gasteiger partial charge in [-0.1, -0.05) is 12.2 Å². The summed E-state index contributed by atoms with van der Waals surface area (Å²) in [5.74, 6) is 4.53. The normalized spacial score (nSPS) is 12.8. The Labute approximate surface area is 117 Å². The van der Waals surface area contributed by atoms with Crippen LogP contribution in [-0.2, 0) is 14.4 Å². The van der Waals surface area contributed by atoms with Crippen molar-refractivity contribution >= 4 is 23.2 Å². The Morgan fingerprint density at radius 1 is 1.42 bits per heavy atom. The lowest BCUT2D eigenvalue weighted by molar-refractivity contribution is -0.169. The molecule has 0 fully saturated rings. The molecule has 104 valence electrons. The number of hydrogen-bond acceptors (Lipinski definition) is 6. The summed E-state index contributed by atoms with van der Waals surface area (Å²) in [7, 11) is 0. The van der Waals surface area contributed by atoms with Gasteiger partial charge in [0.2, 0.25) is 6.10 Å². The van der Waals surface area contributed by atoms with Gasteiger partial charge in [-0.05, 0) is 32.9 Å². The quantitative estimate of drug-likeness (QED) is 0.482. The van der Waals surface area contributed by atoms with Crippen LogP contribution in [0.1, 0.15) is 38.1 Å². The Balaban J connectivity index is 2.91. The number of rotatable bonds is 4. The molecule has 4 N–H and O–H groups in total. The summed E-state index contributed by atoms with van der Waals surface area (Å²) in [5.41, 5.74) is 5.75. The van der Waals surface area contributed by atoms with Crippen molar-refractivity contribution in [2.24, 2.45) is 11.6 Å². The molecule has 0 aliphatic rings.